The molecule has 0 saturated carbocycles. The van der Waals surface area contributed by atoms with Crippen LogP contribution in [-0.4, -0.2) is 63.7 Å². The van der Waals surface area contributed by atoms with Crippen molar-refractivity contribution in [3.8, 4) is 17.2 Å². The summed E-state index contributed by atoms with van der Waals surface area (Å²) < 4.78 is 21.5. The van der Waals surface area contributed by atoms with E-state index >= 15 is 0 Å². The van der Waals surface area contributed by atoms with Crippen LogP contribution in [0.3, 0.4) is 0 Å². The van der Waals surface area contributed by atoms with Crippen LogP contribution in [0.5, 0.6) is 17.2 Å². The maximum Gasteiger partial charge on any atom is 0.341 e. The monoisotopic (exact) mass is 339 g/mol. The fraction of sp³-hybridized carbons (Fsp3) is 0.588. The lowest BCUT2D eigenvalue weighted by Gasteiger charge is -2.25. The van der Waals surface area contributed by atoms with E-state index in [-0.39, 0.29) is 6.42 Å². The molecule has 7 nitrogen and oxygen atoms in total. The third-order valence-electron chi connectivity index (χ3n) is 3.81. The molecular weight excluding hydrogens is 314 g/mol. The fourth-order valence-electron chi connectivity index (χ4n) is 2.67. The second-order valence-electron chi connectivity index (χ2n) is 5.89. The summed E-state index contributed by atoms with van der Waals surface area (Å²) in [7, 11) is 7.06. The van der Waals surface area contributed by atoms with Gasteiger partial charge in [-0.25, -0.2) is 4.79 Å². The van der Waals surface area contributed by atoms with Crippen molar-refractivity contribution < 1.29 is 28.8 Å². The van der Waals surface area contributed by atoms with E-state index in [9.17, 15) is 9.90 Å². The number of rotatable bonds is 8. The molecule has 0 spiro atoms. The normalized spacial score (nSPS) is 16.6. The van der Waals surface area contributed by atoms with Gasteiger partial charge in [0.2, 0.25) is 12.0 Å². The van der Waals surface area contributed by atoms with Crippen LogP contribution in [0, 0.1) is 0 Å². The lowest BCUT2D eigenvalue weighted by molar-refractivity contribution is -0.0691. The molecule has 1 aromatic carbocycles. The number of methoxy groups -OCH3 is 2. The molecule has 0 bridgehead atoms. The number of nitrogens with zero attached hydrogens (tertiary/aromatic N) is 1. The molecule has 0 amide bonds. The molecule has 7 heteroatoms. The van der Waals surface area contributed by atoms with Gasteiger partial charge in [-0.1, -0.05) is 0 Å². The molecule has 1 unspecified atom stereocenters. The lowest BCUT2D eigenvalue weighted by Crippen LogP contribution is -2.28. The van der Waals surface area contributed by atoms with Gasteiger partial charge in [0.15, 0.2) is 11.5 Å². The molecule has 134 valence electrons. The van der Waals surface area contributed by atoms with E-state index in [2.05, 4.69) is 4.90 Å². The SMILES string of the molecule is COc1c(OCCCCN(C)C)cc2c(c1OC)CC(O)OC2=O. The second-order valence-corrected chi connectivity index (χ2v) is 5.89. The van der Waals surface area contributed by atoms with Gasteiger partial charge < -0.3 is 29.0 Å². The van der Waals surface area contributed by atoms with Gasteiger partial charge in [0.25, 0.3) is 0 Å². The zero-order valence-corrected chi connectivity index (χ0v) is 14.6. The average Bonchev–Trinajstić information content (AvgIpc) is 2.53. The molecule has 1 N–H and O–H groups in total. The van der Waals surface area contributed by atoms with Crippen LogP contribution in [0.4, 0.5) is 0 Å². The van der Waals surface area contributed by atoms with Gasteiger partial charge in [0.05, 0.1) is 26.4 Å². The Labute approximate surface area is 142 Å². The number of hydrogen-bond donors (Lipinski definition) is 1. The Morgan fingerprint density at radius 1 is 1.25 bits per heavy atom. The maximum absolute atomic E-state index is 12.0. The summed E-state index contributed by atoms with van der Waals surface area (Å²) >= 11 is 0. The van der Waals surface area contributed by atoms with Crippen LogP contribution in [0.15, 0.2) is 6.07 Å². The van der Waals surface area contributed by atoms with Crippen molar-refractivity contribution in [1.82, 2.24) is 4.90 Å². The van der Waals surface area contributed by atoms with E-state index < -0.39 is 12.3 Å². The van der Waals surface area contributed by atoms with Crippen molar-refractivity contribution in [3.63, 3.8) is 0 Å². The summed E-state index contributed by atoms with van der Waals surface area (Å²) in [4.78, 5) is 14.1. The molecule has 24 heavy (non-hydrogen) atoms. The van der Waals surface area contributed by atoms with Crippen LogP contribution in [-0.2, 0) is 11.2 Å². The number of fused-ring (bicyclic) bond motifs is 1. The standard InChI is InChI=1S/C17H25NO6/c1-18(2)7-5-6-8-23-13-9-12-11(10-14(19)24-17(12)20)15(21-3)16(13)22-4/h9,14,19H,5-8,10H2,1-4H3. The first-order chi connectivity index (χ1) is 11.5. The summed E-state index contributed by atoms with van der Waals surface area (Å²) in [5, 5.41) is 9.65. The van der Waals surface area contributed by atoms with Gasteiger partial charge in [-0.2, -0.15) is 0 Å². The van der Waals surface area contributed by atoms with E-state index in [1.54, 1.807) is 6.07 Å². The van der Waals surface area contributed by atoms with Gasteiger partial charge in [-0.3, -0.25) is 0 Å². The predicted molar refractivity (Wildman–Crippen MR) is 88.0 cm³/mol. The largest absolute Gasteiger partial charge is 0.492 e. The van der Waals surface area contributed by atoms with Gasteiger partial charge in [0.1, 0.15) is 0 Å². The summed E-state index contributed by atoms with van der Waals surface area (Å²) in [5.41, 5.74) is 0.902. The first-order valence-corrected chi connectivity index (χ1v) is 7.92. The van der Waals surface area contributed by atoms with Gasteiger partial charge in [-0.05, 0) is 39.5 Å². The molecule has 0 aliphatic carbocycles. The molecule has 0 radical (unpaired) electrons. The topological polar surface area (TPSA) is 77.5 Å². The summed E-state index contributed by atoms with van der Waals surface area (Å²) in [5.74, 6) is 0.660. The maximum atomic E-state index is 12.0. The Bertz CT molecular complexity index is 587. The zero-order chi connectivity index (χ0) is 17.7. The predicted octanol–water partition coefficient (Wildman–Crippen LogP) is 1.46. The smallest absolute Gasteiger partial charge is 0.341 e. The van der Waals surface area contributed by atoms with Crippen molar-refractivity contribution in [3.05, 3.63) is 17.2 Å². The van der Waals surface area contributed by atoms with E-state index in [0.717, 1.165) is 19.4 Å². The fourth-order valence-corrected chi connectivity index (χ4v) is 2.67. The second kappa shape index (κ2) is 8.21. The molecule has 1 atom stereocenters. The number of benzene rings is 1. The quantitative estimate of drug-likeness (QED) is 0.567. The number of cyclic esters (lactones) is 1. The number of carbonyl (C=O) groups is 1. The Morgan fingerprint density at radius 3 is 2.58 bits per heavy atom. The first-order valence-electron chi connectivity index (χ1n) is 7.92. The number of ether oxygens (including phenoxy) is 4. The highest BCUT2D eigenvalue weighted by molar-refractivity contribution is 5.94. The highest BCUT2D eigenvalue weighted by atomic mass is 16.6. The molecular formula is C17H25NO6. The van der Waals surface area contributed by atoms with Crippen molar-refractivity contribution in [2.24, 2.45) is 0 Å². The molecule has 1 aromatic rings. The third-order valence-corrected chi connectivity index (χ3v) is 3.81. The molecule has 1 aliphatic rings. The Balaban J connectivity index is 2.21. The minimum Gasteiger partial charge on any atom is -0.492 e. The number of carbonyl (C=O) groups excluding carboxylic acids is 1. The van der Waals surface area contributed by atoms with Crippen LogP contribution >= 0.6 is 0 Å². The third kappa shape index (κ3) is 4.10. The highest BCUT2D eigenvalue weighted by Crippen LogP contribution is 2.44. The molecule has 1 heterocycles. The number of aliphatic hydroxyl groups is 1. The number of esters is 1. The Hall–Kier alpha value is -1.99. The molecule has 1 aliphatic heterocycles. The van der Waals surface area contributed by atoms with Crippen LogP contribution < -0.4 is 14.2 Å². The van der Waals surface area contributed by atoms with E-state index in [1.807, 2.05) is 14.1 Å². The van der Waals surface area contributed by atoms with E-state index in [0.29, 0.717) is 35.0 Å². The molecule has 0 saturated heterocycles. The van der Waals surface area contributed by atoms with Gasteiger partial charge >= 0.3 is 5.97 Å². The molecule has 0 aromatic heterocycles. The van der Waals surface area contributed by atoms with Gasteiger partial charge in [-0.15, -0.1) is 0 Å². The van der Waals surface area contributed by atoms with Crippen LogP contribution in [0.1, 0.15) is 28.8 Å². The lowest BCUT2D eigenvalue weighted by atomic mass is 9.99. The van der Waals surface area contributed by atoms with Crippen molar-refractivity contribution >= 4 is 5.97 Å². The summed E-state index contributed by atoms with van der Waals surface area (Å²) in [6, 6.07) is 1.59. The number of unbranched alkanes of at least 4 members (excludes halogenated alkanes) is 1. The highest BCUT2D eigenvalue weighted by Gasteiger charge is 2.32. The number of aliphatic hydroxyl groups excluding tert-OH is 1. The molecule has 2 rings (SSSR count). The van der Waals surface area contributed by atoms with Crippen LogP contribution in [0.2, 0.25) is 0 Å². The minimum absolute atomic E-state index is 0.156. The summed E-state index contributed by atoms with van der Waals surface area (Å²) in [6.45, 7) is 1.49. The first kappa shape index (κ1) is 18.4. The number of hydrogen-bond acceptors (Lipinski definition) is 7. The van der Waals surface area contributed by atoms with Gasteiger partial charge in [0, 0.05) is 12.0 Å². The summed E-state index contributed by atoms with van der Waals surface area (Å²) in [6.07, 6.45) is 0.862. The molecule has 0 fully saturated rings. The Kier molecular flexibility index (Phi) is 6.28. The zero-order valence-electron chi connectivity index (χ0n) is 14.6. The van der Waals surface area contributed by atoms with Crippen molar-refractivity contribution in [2.75, 3.05) is 41.5 Å². The van der Waals surface area contributed by atoms with Crippen molar-refractivity contribution in [1.29, 1.82) is 0 Å². The average molecular weight is 339 g/mol. The Morgan fingerprint density at radius 2 is 1.96 bits per heavy atom. The minimum atomic E-state index is -1.18. The van der Waals surface area contributed by atoms with E-state index in [4.69, 9.17) is 18.9 Å². The van der Waals surface area contributed by atoms with Crippen molar-refractivity contribution in [2.45, 2.75) is 25.6 Å². The van der Waals surface area contributed by atoms with Crippen LogP contribution in [0.25, 0.3) is 0 Å². The van der Waals surface area contributed by atoms with E-state index in [1.165, 1.54) is 14.2 Å².